The van der Waals surface area contributed by atoms with Crippen LogP contribution in [0.3, 0.4) is 0 Å². The summed E-state index contributed by atoms with van der Waals surface area (Å²) in [5, 5.41) is 0. The zero-order valence-corrected chi connectivity index (χ0v) is 8.15. The number of ketones is 1. The summed E-state index contributed by atoms with van der Waals surface area (Å²) in [6.07, 6.45) is 6.33. The highest BCUT2D eigenvalue weighted by molar-refractivity contribution is 5.96. The van der Waals surface area contributed by atoms with Gasteiger partial charge in [0.1, 0.15) is 0 Å². The topological polar surface area (TPSA) is 39.2 Å². The Morgan fingerprint density at radius 2 is 2.43 bits per heavy atom. The number of hydrogen-bond donors (Lipinski definition) is 0. The number of terminal acetylenes is 1. The number of ether oxygens (including phenoxy) is 1. The molecule has 1 rings (SSSR count). The van der Waals surface area contributed by atoms with Crippen molar-refractivity contribution >= 4 is 5.78 Å². The normalized spacial score (nSPS) is 11.5. The summed E-state index contributed by atoms with van der Waals surface area (Å²) >= 11 is 0. The zero-order chi connectivity index (χ0) is 10.6. The monoisotopic (exact) mass is 189 g/mol. The van der Waals surface area contributed by atoms with Crippen LogP contribution in [0.2, 0.25) is 0 Å². The predicted molar refractivity (Wildman–Crippen MR) is 53.2 cm³/mol. The van der Waals surface area contributed by atoms with Crippen molar-refractivity contribution in [3.63, 3.8) is 0 Å². The van der Waals surface area contributed by atoms with E-state index in [0.717, 1.165) is 0 Å². The Morgan fingerprint density at radius 3 is 3.00 bits per heavy atom. The van der Waals surface area contributed by atoms with Crippen LogP contribution in [-0.4, -0.2) is 16.9 Å². The summed E-state index contributed by atoms with van der Waals surface area (Å²) in [6.45, 7) is 3.18. The molecule has 1 atom stereocenters. The van der Waals surface area contributed by atoms with E-state index in [0.29, 0.717) is 11.4 Å². The SMILES string of the molecule is C#CC(C)Oc1ncccc1C(C)=O. The molecule has 1 aromatic heterocycles. The van der Waals surface area contributed by atoms with Gasteiger partial charge in [0.2, 0.25) is 5.88 Å². The van der Waals surface area contributed by atoms with Crippen molar-refractivity contribution in [2.75, 3.05) is 0 Å². The summed E-state index contributed by atoms with van der Waals surface area (Å²) < 4.78 is 5.29. The largest absolute Gasteiger partial charge is 0.461 e. The van der Waals surface area contributed by atoms with Gasteiger partial charge in [0, 0.05) is 6.20 Å². The molecule has 1 unspecified atom stereocenters. The standard InChI is InChI=1S/C11H11NO2/c1-4-8(2)14-11-10(9(3)13)6-5-7-12-11/h1,5-8H,2-3H3. The van der Waals surface area contributed by atoms with Crippen molar-refractivity contribution in [3.05, 3.63) is 23.9 Å². The van der Waals surface area contributed by atoms with Crippen LogP contribution in [0.15, 0.2) is 18.3 Å². The van der Waals surface area contributed by atoms with Gasteiger partial charge < -0.3 is 4.74 Å². The molecular weight excluding hydrogens is 178 g/mol. The Morgan fingerprint density at radius 1 is 1.71 bits per heavy atom. The number of rotatable bonds is 3. The molecule has 0 radical (unpaired) electrons. The second-order valence-corrected chi connectivity index (χ2v) is 2.84. The number of aromatic nitrogens is 1. The molecule has 0 aromatic carbocycles. The van der Waals surface area contributed by atoms with Crippen molar-refractivity contribution in [3.8, 4) is 18.2 Å². The molecule has 0 saturated heterocycles. The smallest absolute Gasteiger partial charge is 0.225 e. The van der Waals surface area contributed by atoms with Crippen molar-refractivity contribution in [2.45, 2.75) is 20.0 Å². The summed E-state index contributed by atoms with van der Waals surface area (Å²) in [5.74, 6) is 2.62. The van der Waals surface area contributed by atoms with Crippen molar-refractivity contribution in [1.29, 1.82) is 0 Å². The molecule has 3 heteroatoms. The average Bonchev–Trinajstić information content (AvgIpc) is 2.18. The van der Waals surface area contributed by atoms with E-state index < -0.39 is 0 Å². The molecule has 0 amide bonds. The highest BCUT2D eigenvalue weighted by atomic mass is 16.5. The fourth-order valence-electron chi connectivity index (χ4n) is 0.954. The maximum absolute atomic E-state index is 11.2. The molecule has 14 heavy (non-hydrogen) atoms. The van der Waals surface area contributed by atoms with E-state index in [1.165, 1.54) is 6.92 Å². The van der Waals surface area contributed by atoms with Gasteiger partial charge in [-0.05, 0) is 26.0 Å². The van der Waals surface area contributed by atoms with Gasteiger partial charge in [0.25, 0.3) is 0 Å². The lowest BCUT2D eigenvalue weighted by Gasteiger charge is -2.09. The fourth-order valence-corrected chi connectivity index (χ4v) is 0.954. The van der Waals surface area contributed by atoms with Crippen LogP contribution in [-0.2, 0) is 0 Å². The zero-order valence-electron chi connectivity index (χ0n) is 8.15. The fraction of sp³-hybridized carbons (Fsp3) is 0.273. The Balaban J connectivity index is 2.97. The third-order valence-corrected chi connectivity index (χ3v) is 1.67. The van der Waals surface area contributed by atoms with Gasteiger partial charge >= 0.3 is 0 Å². The van der Waals surface area contributed by atoms with E-state index >= 15 is 0 Å². The molecule has 72 valence electrons. The van der Waals surface area contributed by atoms with Gasteiger partial charge in [-0.3, -0.25) is 4.79 Å². The molecule has 0 fully saturated rings. The molecule has 0 aliphatic rings. The van der Waals surface area contributed by atoms with E-state index in [9.17, 15) is 4.79 Å². The molecule has 0 spiro atoms. The van der Waals surface area contributed by atoms with Crippen molar-refractivity contribution in [2.24, 2.45) is 0 Å². The van der Waals surface area contributed by atoms with Crippen LogP contribution < -0.4 is 4.74 Å². The molecule has 1 aromatic rings. The highest BCUT2D eigenvalue weighted by Crippen LogP contribution is 2.15. The van der Waals surface area contributed by atoms with Gasteiger partial charge in [0.05, 0.1) is 5.56 Å². The van der Waals surface area contributed by atoms with E-state index in [2.05, 4.69) is 10.9 Å². The first kappa shape index (κ1) is 10.3. The minimum absolute atomic E-state index is 0.0858. The summed E-state index contributed by atoms with van der Waals surface area (Å²) in [4.78, 5) is 15.1. The Bertz CT molecular complexity index is 379. The lowest BCUT2D eigenvalue weighted by atomic mass is 10.2. The third-order valence-electron chi connectivity index (χ3n) is 1.67. The number of carbonyl (C=O) groups is 1. The minimum Gasteiger partial charge on any atom is -0.461 e. The first-order valence-corrected chi connectivity index (χ1v) is 4.24. The Hall–Kier alpha value is -1.82. The van der Waals surface area contributed by atoms with E-state index in [1.807, 2.05) is 0 Å². The first-order valence-electron chi connectivity index (χ1n) is 4.24. The third kappa shape index (κ3) is 2.33. The Kier molecular flexibility index (Phi) is 3.24. The molecule has 0 aliphatic heterocycles. The van der Waals surface area contributed by atoms with E-state index in [1.54, 1.807) is 25.3 Å². The molecule has 0 aliphatic carbocycles. The first-order chi connectivity index (χ1) is 6.65. The van der Waals surface area contributed by atoms with Gasteiger partial charge in [-0.25, -0.2) is 4.98 Å². The van der Waals surface area contributed by atoms with Crippen LogP contribution >= 0.6 is 0 Å². The second kappa shape index (κ2) is 4.43. The van der Waals surface area contributed by atoms with Crippen LogP contribution in [0.25, 0.3) is 0 Å². The second-order valence-electron chi connectivity index (χ2n) is 2.84. The van der Waals surface area contributed by atoms with Gasteiger partial charge in [-0.15, -0.1) is 6.42 Å². The summed E-state index contributed by atoms with van der Waals surface area (Å²) in [6, 6.07) is 3.35. The van der Waals surface area contributed by atoms with Crippen molar-refractivity contribution < 1.29 is 9.53 Å². The van der Waals surface area contributed by atoms with Gasteiger partial charge in [0.15, 0.2) is 11.9 Å². The average molecular weight is 189 g/mol. The highest BCUT2D eigenvalue weighted by Gasteiger charge is 2.10. The number of nitrogens with zero attached hydrogens (tertiary/aromatic N) is 1. The summed E-state index contributed by atoms with van der Waals surface area (Å²) in [7, 11) is 0. The molecule has 1 heterocycles. The number of Topliss-reactive ketones (excluding diaryl/α,β-unsaturated/α-hetero) is 1. The van der Waals surface area contributed by atoms with Crippen LogP contribution in [0.4, 0.5) is 0 Å². The number of hydrogen-bond acceptors (Lipinski definition) is 3. The molecule has 0 N–H and O–H groups in total. The van der Waals surface area contributed by atoms with Crippen LogP contribution in [0.5, 0.6) is 5.88 Å². The van der Waals surface area contributed by atoms with E-state index in [4.69, 9.17) is 11.2 Å². The van der Waals surface area contributed by atoms with Crippen LogP contribution in [0.1, 0.15) is 24.2 Å². The van der Waals surface area contributed by atoms with Gasteiger partial charge in [-0.1, -0.05) is 5.92 Å². The quantitative estimate of drug-likeness (QED) is 0.536. The van der Waals surface area contributed by atoms with Gasteiger partial charge in [-0.2, -0.15) is 0 Å². The predicted octanol–water partition coefficient (Wildman–Crippen LogP) is 1.68. The maximum Gasteiger partial charge on any atom is 0.225 e. The van der Waals surface area contributed by atoms with E-state index in [-0.39, 0.29) is 11.9 Å². The minimum atomic E-state index is -0.386. The maximum atomic E-state index is 11.2. The number of carbonyl (C=O) groups excluding carboxylic acids is 1. The summed E-state index contributed by atoms with van der Waals surface area (Å²) in [5.41, 5.74) is 0.453. The number of pyridine rings is 1. The lowest BCUT2D eigenvalue weighted by Crippen LogP contribution is -2.12. The molecule has 0 saturated carbocycles. The van der Waals surface area contributed by atoms with Crippen LogP contribution in [0, 0.1) is 12.3 Å². The molecule has 0 bridgehead atoms. The molecular formula is C11H11NO2. The Labute approximate surface area is 83.1 Å². The van der Waals surface area contributed by atoms with Crippen molar-refractivity contribution in [1.82, 2.24) is 4.98 Å². The lowest BCUT2D eigenvalue weighted by molar-refractivity contribution is 0.101. The molecule has 3 nitrogen and oxygen atoms in total.